The average Bonchev–Trinajstić information content (AvgIpc) is 2.95. The van der Waals surface area contributed by atoms with Crippen LogP contribution in [0.5, 0.6) is 0 Å². The van der Waals surface area contributed by atoms with Crippen molar-refractivity contribution in [3.8, 4) is 0 Å². The summed E-state index contributed by atoms with van der Waals surface area (Å²) >= 11 is 6.33. The summed E-state index contributed by atoms with van der Waals surface area (Å²) in [6, 6.07) is 9.34. The molecule has 0 saturated carbocycles. The van der Waals surface area contributed by atoms with Gasteiger partial charge in [-0.1, -0.05) is 28.9 Å². The highest BCUT2D eigenvalue weighted by molar-refractivity contribution is 6.32. The summed E-state index contributed by atoms with van der Waals surface area (Å²) in [7, 11) is 1.85. The molecular weight excluding hydrogens is 328 g/mol. The standard InChI is InChI=1S/C17H17ClN4O2/c1-11-8-15(21-24-11)20-16(23)10-22(2)9-13-14(18)6-5-12-4-3-7-19-17(12)13/h3-8H,9-10H2,1-2H3,(H,20,21,23). The van der Waals surface area contributed by atoms with Gasteiger partial charge in [0.05, 0.1) is 12.1 Å². The van der Waals surface area contributed by atoms with Gasteiger partial charge in [0.15, 0.2) is 5.82 Å². The van der Waals surface area contributed by atoms with Crippen molar-refractivity contribution in [1.82, 2.24) is 15.0 Å². The zero-order chi connectivity index (χ0) is 17.1. The highest BCUT2D eigenvalue weighted by Gasteiger charge is 2.13. The van der Waals surface area contributed by atoms with E-state index in [1.54, 1.807) is 19.2 Å². The number of nitrogens with one attached hydrogen (secondary N) is 1. The van der Waals surface area contributed by atoms with Crippen LogP contribution >= 0.6 is 11.6 Å². The van der Waals surface area contributed by atoms with Crippen molar-refractivity contribution in [3.63, 3.8) is 0 Å². The summed E-state index contributed by atoms with van der Waals surface area (Å²) in [5.74, 6) is 0.887. The lowest BCUT2D eigenvalue weighted by atomic mass is 10.1. The molecule has 124 valence electrons. The van der Waals surface area contributed by atoms with Crippen molar-refractivity contribution in [1.29, 1.82) is 0 Å². The first-order chi connectivity index (χ1) is 11.5. The van der Waals surface area contributed by atoms with Gasteiger partial charge in [-0.2, -0.15) is 0 Å². The lowest BCUT2D eigenvalue weighted by Crippen LogP contribution is -2.30. The zero-order valence-electron chi connectivity index (χ0n) is 13.4. The number of nitrogens with zero attached hydrogens (tertiary/aromatic N) is 3. The maximum atomic E-state index is 12.1. The van der Waals surface area contributed by atoms with E-state index in [0.29, 0.717) is 23.1 Å². The largest absolute Gasteiger partial charge is 0.360 e. The smallest absolute Gasteiger partial charge is 0.239 e. The van der Waals surface area contributed by atoms with E-state index in [-0.39, 0.29) is 12.5 Å². The number of benzene rings is 1. The van der Waals surface area contributed by atoms with Crippen molar-refractivity contribution in [2.75, 3.05) is 18.9 Å². The van der Waals surface area contributed by atoms with Gasteiger partial charge < -0.3 is 9.84 Å². The minimum absolute atomic E-state index is 0.171. The third-order valence-corrected chi connectivity index (χ3v) is 3.91. The van der Waals surface area contributed by atoms with Crippen LogP contribution in [0.4, 0.5) is 5.82 Å². The Labute approximate surface area is 144 Å². The fraction of sp³-hybridized carbons (Fsp3) is 0.235. The van der Waals surface area contributed by atoms with Gasteiger partial charge in [-0.15, -0.1) is 0 Å². The van der Waals surface area contributed by atoms with E-state index >= 15 is 0 Å². The number of aryl methyl sites for hydroxylation is 1. The molecule has 24 heavy (non-hydrogen) atoms. The van der Waals surface area contributed by atoms with Crippen LogP contribution in [0.25, 0.3) is 10.9 Å². The number of hydrogen-bond donors (Lipinski definition) is 1. The molecular formula is C17H17ClN4O2. The molecule has 1 amide bonds. The summed E-state index contributed by atoms with van der Waals surface area (Å²) in [5, 5.41) is 8.10. The van der Waals surface area contributed by atoms with Crippen molar-refractivity contribution in [2.24, 2.45) is 0 Å². The predicted molar refractivity (Wildman–Crippen MR) is 93.0 cm³/mol. The second kappa shape index (κ2) is 6.98. The van der Waals surface area contributed by atoms with Gasteiger partial charge in [-0.25, -0.2) is 0 Å². The molecule has 2 aromatic heterocycles. The van der Waals surface area contributed by atoms with Gasteiger partial charge in [0.1, 0.15) is 5.76 Å². The fourth-order valence-corrected chi connectivity index (χ4v) is 2.72. The van der Waals surface area contributed by atoms with Crippen molar-refractivity contribution in [2.45, 2.75) is 13.5 Å². The van der Waals surface area contributed by atoms with Crippen LogP contribution in [0.1, 0.15) is 11.3 Å². The van der Waals surface area contributed by atoms with Crippen LogP contribution in [0, 0.1) is 6.92 Å². The number of aromatic nitrogens is 2. The normalized spacial score (nSPS) is 11.2. The molecule has 0 atom stereocenters. The summed E-state index contributed by atoms with van der Waals surface area (Å²) in [6.07, 6.45) is 1.74. The van der Waals surface area contributed by atoms with E-state index in [2.05, 4.69) is 15.5 Å². The average molecular weight is 345 g/mol. The Kier molecular flexibility index (Phi) is 4.78. The Morgan fingerprint density at radius 3 is 2.96 bits per heavy atom. The monoisotopic (exact) mass is 344 g/mol. The number of hydrogen-bond acceptors (Lipinski definition) is 5. The van der Waals surface area contributed by atoms with Crippen molar-refractivity contribution in [3.05, 3.63) is 52.9 Å². The second-order valence-corrected chi connectivity index (χ2v) is 6.05. The third kappa shape index (κ3) is 3.72. The van der Waals surface area contributed by atoms with Gasteiger partial charge in [-0.3, -0.25) is 14.7 Å². The highest BCUT2D eigenvalue weighted by atomic mass is 35.5. The molecule has 1 N–H and O–H groups in total. The number of carbonyl (C=O) groups is 1. The molecule has 0 aliphatic carbocycles. The summed E-state index contributed by atoms with van der Waals surface area (Å²) in [4.78, 5) is 18.4. The summed E-state index contributed by atoms with van der Waals surface area (Å²) < 4.78 is 4.93. The van der Waals surface area contributed by atoms with E-state index in [4.69, 9.17) is 16.1 Å². The Hall–Kier alpha value is -2.44. The molecule has 3 aromatic rings. The molecule has 0 aliphatic heterocycles. The molecule has 3 rings (SSSR count). The Balaban J connectivity index is 1.69. The Bertz CT molecular complexity index is 878. The lowest BCUT2D eigenvalue weighted by molar-refractivity contribution is -0.117. The lowest BCUT2D eigenvalue weighted by Gasteiger charge is -2.17. The molecule has 0 spiro atoms. The molecule has 6 nitrogen and oxygen atoms in total. The molecule has 0 bridgehead atoms. The van der Waals surface area contributed by atoms with Crippen LogP contribution < -0.4 is 5.32 Å². The molecule has 0 radical (unpaired) electrons. The molecule has 2 heterocycles. The third-order valence-electron chi connectivity index (χ3n) is 3.56. The first-order valence-corrected chi connectivity index (χ1v) is 7.84. The molecule has 1 aromatic carbocycles. The second-order valence-electron chi connectivity index (χ2n) is 5.64. The van der Waals surface area contributed by atoms with Crippen LogP contribution in [-0.2, 0) is 11.3 Å². The van der Waals surface area contributed by atoms with Gasteiger partial charge in [-0.05, 0) is 26.1 Å². The van der Waals surface area contributed by atoms with Crippen LogP contribution in [0.2, 0.25) is 5.02 Å². The van der Waals surface area contributed by atoms with Crippen molar-refractivity contribution >= 4 is 34.2 Å². The first kappa shape index (κ1) is 16.4. The number of pyridine rings is 1. The predicted octanol–water partition coefficient (Wildman–Crippen LogP) is 3.26. The number of likely N-dealkylation sites (N-methyl/N-ethyl adjacent to an activating group) is 1. The minimum atomic E-state index is -0.171. The quantitative estimate of drug-likeness (QED) is 0.769. The molecule has 0 aliphatic rings. The topological polar surface area (TPSA) is 71.3 Å². The van der Waals surface area contributed by atoms with Crippen molar-refractivity contribution < 1.29 is 9.32 Å². The molecule has 7 heteroatoms. The van der Waals surface area contributed by atoms with E-state index in [9.17, 15) is 4.79 Å². The molecule has 0 saturated heterocycles. The maximum absolute atomic E-state index is 12.1. The van der Waals surface area contributed by atoms with Crippen LogP contribution in [0.15, 0.2) is 41.1 Å². The summed E-state index contributed by atoms with van der Waals surface area (Å²) in [6.45, 7) is 2.48. The number of halogens is 1. The van der Waals surface area contributed by atoms with Gasteiger partial charge in [0, 0.05) is 34.8 Å². The minimum Gasteiger partial charge on any atom is -0.360 e. The fourth-order valence-electron chi connectivity index (χ4n) is 2.51. The molecule has 0 unspecified atom stereocenters. The van der Waals surface area contributed by atoms with Crippen LogP contribution in [0.3, 0.4) is 0 Å². The van der Waals surface area contributed by atoms with Gasteiger partial charge in [0.2, 0.25) is 5.91 Å². The van der Waals surface area contributed by atoms with E-state index in [1.807, 2.05) is 36.2 Å². The SMILES string of the molecule is Cc1cc(NC(=O)CN(C)Cc2c(Cl)ccc3cccnc23)no1. The number of amides is 1. The van der Waals surface area contributed by atoms with E-state index in [1.165, 1.54) is 0 Å². The van der Waals surface area contributed by atoms with Gasteiger partial charge >= 0.3 is 0 Å². The van der Waals surface area contributed by atoms with E-state index < -0.39 is 0 Å². The number of anilines is 1. The highest BCUT2D eigenvalue weighted by Crippen LogP contribution is 2.25. The zero-order valence-corrected chi connectivity index (χ0v) is 14.2. The Morgan fingerprint density at radius 2 is 2.21 bits per heavy atom. The maximum Gasteiger partial charge on any atom is 0.239 e. The Morgan fingerprint density at radius 1 is 1.38 bits per heavy atom. The van der Waals surface area contributed by atoms with Crippen LogP contribution in [-0.4, -0.2) is 34.5 Å². The summed E-state index contributed by atoms with van der Waals surface area (Å²) in [5.41, 5.74) is 1.76. The molecule has 0 fully saturated rings. The number of fused-ring (bicyclic) bond motifs is 1. The van der Waals surface area contributed by atoms with Gasteiger partial charge in [0.25, 0.3) is 0 Å². The number of carbonyl (C=O) groups excluding carboxylic acids is 1. The first-order valence-electron chi connectivity index (χ1n) is 7.47. The number of rotatable bonds is 5. The van der Waals surface area contributed by atoms with E-state index in [0.717, 1.165) is 16.5 Å².